The first kappa shape index (κ1) is 12.1. The summed E-state index contributed by atoms with van der Waals surface area (Å²) < 4.78 is 0. The maximum atomic E-state index is 4.56. The third-order valence-corrected chi connectivity index (χ3v) is 3.30. The Hall–Kier alpha value is -1.33. The lowest BCUT2D eigenvalue weighted by Crippen LogP contribution is -2.11. The highest BCUT2D eigenvalue weighted by molar-refractivity contribution is 7.09. The number of nitrogens with zero attached hydrogens (tertiary/aromatic N) is 3. The SMILES string of the molecule is CNCc1nc(Cc2csc(C)n2)ncc1C. The lowest BCUT2D eigenvalue weighted by Gasteiger charge is -2.05. The second kappa shape index (κ2) is 5.33. The predicted molar refractivity (Wildman–Crippen MR) is 69.2 cm³/mol. The molecule has 0 saturated heterocycles. The van der Waals surface area contributed by atoms with Gasteiger partial charge in [0, 0.05) is 18.1 Å². The highest BCUT2D eigenvalue weighted by Gasteiger charge is 2.06. The number of nitrogens with one attached hydrogen (secondary N) is 1. The van der Waals surface area contributed by atoms with Gasteiger partial charge in [-0.15, -0.1) is 11.3 Å². The minimum Gasteiger partial charge on any atom is -0.314 e. The maximum Gasteiger partial charge on any atom is 0.134 e. The Labute approximate surface area is 105 Å². The molecule has 0 radical (unpaired) electrons. The Morgan fingerprint density at radius 3 is 2.76 bits per heavy atom. The molecule has 0 aliphatic rings. The Morgan fingerprint density at radius 1 is 1.29 bits per heavy atom. The molecule has 2 aromatic rings. The van der Waals surface area contributed by atoms with Crippen LogP contribution >= 0.6 is 11.3 Å². The molecule has 0 amide bonds. The molecule has 4 nitrogen and oxygen atoms in total. The zero-order chi connectivity index (χ0) is 12.3. The van der Waals surface area contributed by atoms with Gasteiger partial charge in [-0.3, -0.25) is 0 Å². The van der Waals surface area contributed by atoms with E-state index in [1.54, 1.807) is 11.3 Å². The van der Waals surface area contributed by atoms with Gasteiger partial charge in [0.05, 0.1) is 22.8 Å². The van der Waals surface area contributed by atoms with Gasteiger partial charge in [-0.1, -0.05) is 0 Å². The van der Waals surface area contributed by atoms with Gasteiger partial charge >= 0.3 is 0 Å². The van der Waals surface area contributed by atoms with E-state index in [4.69, 9.17) is 0 Å². The number of rotatable bonds is 4. The molecule has 90 valence electrons. The molecular formula is C12H16N4S. The topological polar surface area (TPSA) is 50.7 Å². The molecule has 2 rings (SSSR count). The molecule has 2 aromatic heterocycles. The average Bonchev–Trinajstić information content (AvgIpc) is 2.69. The van der Waals surface area contributed by atoms with Crippen LogP contribution in [0.3, 0.4) is 0 Å². The molecule has 0 aliphatic carbocycles. The Morgan fingerprint density at radius 2 is 2.12 bits per heavy atom. The first-order valence-electron chi connectivity index (χ1n) is 5.56. The molecule has 0 spiro atoms. The largest absolute Gasteiger partial charge is 0.314 e. The van der Waals surface area contributed by atoms with Crippen molar-refractivity contribution in [3.05, 3.63) is 39.4 Å². The van der Waals surface area contributed by atoms with E-state index >= 15 is 0 Å². The summed E-state index contributed by atoms with van der Waals surface area (Å²) >= 11 is 1.66. The van der Waals surface area contributed by atoms with Crippen LogP contribution in [0.5, 0.6) is 0 Å². The lowest BCUT2D eigenvalue weighted by molar-refractivity contribution is 0.762. The minimum absolute atomic E-state index is 0.710. The summed E-state index contributed by atoms with van der Waals surface area (Å²) in [6.07, 6.45) is 2.59. The maximum absolute atomic E-state index is 4.56. The summed E-state index contributed by atoms with van der Waals surface area (Å²) in [7, 11) is 1.92. The normalized spacial score (nSPS) is 10.8. The number of hydrogen-bond acceptors (Lipinski definition) is 5. The van der Waals surface area contributed by atoms with Gasteiger partial charge in [0.25, 0.3) is 0 Å². The second-order valence-electron chi connectivity index (χ2n) is 3.98. The third-order valence-electron chi connectivity index (χ3n) is 2.48. The van der Waals surface area contributed by atoms with Gasteiger partial charge in [-0.2, -0.15) is 0 Å². The van der Waals surface area contributed by atoms with Crippen LogP contribution in [0.25, 0.3) is 0 Å². The fraction of sp³-hybridized carbons (Fsp3) is 0.417. The van der Waals surface area contributed by atoms with Crippen molar-refractivity contribution in [2.45, 2.75) is 26.8 Å². The van der Waals surface area contributed by atoms with Crippen molar-refractivity contribution in [1.29, 1.82) is 0 Å². The van der Waals surface area contributed by atoms with Gasteiger partial charge in [-0.05, 0) is 26.5 Å². The van der Waals surface area contributed by atoms with E-state index < -0.39 is 0 Å². The van der Waals surface area contributed by atoms with Crippen molar-refractivity contribution in [2.24, 2.45) is 0 Å². The molecular weight excluding hydrogens is 232 g/mol. The minimum atomic E-state index is 0.710. The van der Waals surface area contributed by atoms with Crippen molar-refractivity contribution in [3.63, 3.8) is 0 Å². The summed E-state index contributed by atoms with van der Waals surface area (Å²) in [4.78, 5) is 13.3. The number of aryl methyl sites for hydroxylation is 2. The van der Waals surface area contributed by atoms with Crippen LogP contribution in [-0.4, -0.2) is 22.0 Å². The fourth-order valence-electron chi connectivity index (χ4n) is 1.60. The molecule has 17 heavy (non-hydrogen) atoms. The van der Waals surface area contributed by atoms with Crippen LogP contribution in [0.2, 0.25) is 0 Å². The van der Waals surface area contributed by atoms with Crippen LogP contribution in [0, 0.1) is 13.8 Å². The fourth-order valence-corrected chi connectivity index (χ4v) is 2.21. The van der Waals surface area contributed by atoms with Crippen molar-refractivity contribution in [1.82, 2.24) is 20.3 Å². The standard InChI is InChI=1S/C12H16N4S/c1-8-5-14-12(16-11(8)6-13-3)4-10-7-17-9(2)15-10/h5,7,13H,4,6H2,1-3H3. The van der Waals surface area contributed by atoms with Crippen molar-refractivity contribution in [3.8, 4) is 0 Å². The summed E-state index contributed by atoms with van der Waals surface area (Å²) in [5.74, 6) is 0.839. The lowest BCUT2D eigenvalue weighted by atomic mass is 10.2. The Bertz CT molecular complexity index is 507. The summed E-state index contributed by atoms with van der Waals surface area (Å²) in [6, 6.07) is 0. The van der Waals surface area contributed by atoms with E-state index in [-0.39, 0.29) is 0 Å². The molecule has 0 fully saturated rings. The van der Waals surface area contributed by atoms with E-state index in [2.05, 4.69) is 25.6 Å². The Kier molecular flexibility index (Phi) is 3.81. The molecule has 0 aliphatic heterocycles. The van der Waals surface area contributed by atoms with Gasteiger partial charge < -0.3 is 5.32 Å². The smallest absolute Gasteiger partial charge is 0.134 e. The van der Waals surface area contributed by atoms with E-state index in [0.717, 1.165) is 34.3 Å². The quantitative estimate of drug-likeness (QED) is 0.897. The summed E-state index contributed by atoms with van der Waals surface area (Å²) in [5, 5.41) is 6.27. The van der Waals surface area contributed by atoms with E-state index in [1.165, 1.54) is 0 Å². The predicted octanol–water partition coefficient (Wildman–Crippen LogP) is 1.86. The second-order valence-corrected chi connectivity index (χ2v) is 5.04. The van der Waals surface area contributed by atoms with Crippen molar-refractivity contribution in [2.75, 3.05) is 7.05 Å². The number of hydrogen-bond donors (Lipinski definition) is 1. The van der Waals surface area contributed by atoms with E-state index in [1.807, 2.05) is 27.1 Å². The van der Waals surface area contributed by atoms with Crippen molar-refractivity contribution >= 4 is 11.3 Å². The first-order valence-corrected chi connectivity index (χ1v) is 6.44. The third kappa shape index (κ3) is 3.08. The van der Waals surface area contributed by atoms with E-state index in [0.29, 0.717) is 6.42 Å². The zero-order valence-corrected chi connectivity index (χ0v) is 11.1. The highest BCUT2D eigenvalue weighted by Crippen LogP contribution is 2.12. The number of thiazole rings is 1. The molecule has 2 heterocycles. The van der Waals surface area contributed by atoms with Gasteiger partial charge in [0.1, 0.15) is 5.82 Å². The summed E-state index contributed by atoms with van der Waals surface area (Å²) in [5.41, 5.74) is 3.23. The summed E-state index contributed by atoms with van der Waals surface area (Å²) in [6.45, 7) is 4.82. The number of aromatic nitrogens is 3. The molecule has 0 atom stereocenters. The van der Waals surface area contributed by atoms with Gasteiger partial charge in [-0.25, -0.2) is 15.0 Å². The van der Waals surface area contributed by atoms with Gasteiger partial charge in [0.15, 0.2) is 0 Å². The van der Waals surface area contributed by atoms with Gasteiger partial charge in [0.2, 0.25) is 0 Å². The highest BCUT2D eigenvalue weighted by atomic mass is 32.1. The zero-order valence-electron chi connectivity index (χ0n) is 10.3. The molecule has 0 saturated carbocycles. The van der Waals surface area contributed by atoms with Crippen LogP contribution in [0.1, 0.15) is 27.8 Å². The van der Waals surface area contributed by atoms with Crippen LogP contribution in [-0.2, 0) is 13.0 Å². The molecule has 5 heteroatoms. The monoisotopic (exact) mass is 248 g/mol. The van der Waals surface area contributed by atoms with Crippen molar-refractivity contribution < 1.29 is 0 Å². The molecule has 0 aromatic carbocycles. The van der Waals surface area contributed by atoms with Crippen LogP contribution < -0.4 is 5.32 Å². The average molecular weight is 248 g/mol. The molecule has 1 N–H and O–H groups in total. The molecule has 0 unspecified atom stereocenters. The van der Waals surface area contributed by atoms with E-state index in [9.17, 15) is 0 Å². The Balaban J connectivity index is 2.18. The van der Waals surface area contributed by atoms with Crippen LogP contribution in [0.4, 0.5) is 0 Å². The van der Waals surface area contributed by atoms with Crippen LogP contribution in [0.15, 0.2) is 11.6 Å². The molecule has 0 bridgehead atoms. The first-order chi connectivity index (χ1) is 8.19.